The van der Waals surface area contributed by atoms with Crippen LogP contribution in [0.1, 0.15) is 84.0 Å². The fraction of sp³-hybridized carbons (Fsp3) is 0.304. The van der Waals surface area contributed by atoms with E-state index in [1.165, 1.54) is 64.2 Å². The van der Waals surface area contributed by atoms with Gasteiger partial charge in [0.15, 0.2) is 23.3 Å². The number of benzene rings is 4. The van der Waals surface area contributed by atoms with Crippen molar-refractivity contribution in [1.82, 2.24) is 39.5 Å². The molecule has 8 nitrogen and oxygen atoms in total. The molecule has 2 aliphatic heterocycles. The highest BCUT2D eigenvalue weighted by Gasteiger charge is 2.23. The Balaban J connectivity index is 1.18. The molecular formula is C46H46N8. The number of hydrogen-bond acceptors (Lipinski definition) is 6. The van der Waals surface area contributed by atoms with Crippen molar-refractivity contribution in [3.63, 3.8) is 0 Å². The molecule has 0 saturated heterocycles. The Morgan fingerprint density at radius 3 is 1.17 bits per heavy atom. The van der Waals surface area contributed by atoms with Crippen LogP contribution in [-0.4, -0.2) is 39.5 Å². The molecule has 0 radical (unpaired) electrons. The van der Waals surface area contributed by atoms with Crippen LogP contribution < -0.4 is 0 Å². The molecule has 0 fully saturated rings. The molecule has 0 aliphatic carbocycles. The number of aromatic amines is 1. The average molecular weight is 711 g/mol. The van der Waals surface area contributed by atoms with E-state index in [-0.39, 0.29) is 0 Å². The van der Waals surface area contributed by atoms with Crippen molar-refractivity contribution in [3.8, 4) is 45.6 Å². The molecule has 54 heavy (non-hydrogen) atoms. The van der Waals surface area contributed by atoms with Crippen LogP contribution in [0, 0.1) is 0 Å². The molecule has 4 aromatic carbocycles. The quantitative estimate of drug-likeness (QED) is 0.120. The summed E-state index contributed by atoms with van der Waals surface area (Å²) in [5.41, 5.74) is 6.98. The van der Waals surface area contributed by atoms with E-state index < -0.39 is 0 Å². The number of hydrogen-bond donors (Lipinski definition) is 1. The third-order valence-electron chi connectivity index (χ3n) is 10.9. The molecule has 1 N–H and O–H groups in total. The minimum absolute atomic E-state index is 0.627. The van der Waals surface area contributed by atoms with E-state index in [9.17, 15) is 0 Å². The van der Waals surface area contributed by atoms with E-state index in [2.05, 4.69) is 77.1 Å². The summed E-state index contributed by atoms with van der Waals surface area (Å²) < 4.78 is 2.30. The normalized spacial score (nSPS) is 12.0. The topological polar surface area (TPSA) is 98.1 Å². The highest BCUT2D eigenvalue weighted by Crippen LogP contribution is 2.37. The molecule has 0 amide bonds. The van der Waals surface area contributed by atoms with Crippen LogP contribution in [0.3, 0.4) is 0 Å². The predicted molar refractivity (Wildman–Crippen MR) is 221 cm³/mol. The van der Waals surface area contributed by atoms with Gasteiger partial charge in [0.1, 0.15) is 22.6 Å². The molecule has 0 atom stereocenters. The molecule has 7 aromatic rings. The molecule has 8 heteroatoms. The van der Waals surface area contributed by atoms with Gasteiger partial charge < -0.3 is 9.55 Å². The van der Waals surface area contributed by atoms with Crippen molar-refractivity contribution >= 4 is 44.1 Å². The van der Waals surface area contributed by atoms with E-state index in [0.717, 1.165) is 74.5 Å². The molecule has 3 aromatic heterocycles. The Labute approximate surface area is 315 Å². The summed E-state index contributed by atoms with van der Waals surface area (Å²) in [7, 11) is 0. The number of fused-ring (bicyclic) bond motifs is 20. The second kappa shape index (κ2) is 15.3. The molecule has 270 valence electrons. The van der Waals surface area contributed by atoms with Crippen LogP contribution in [0.2, 0.25) is 0 Å². The third kappa shape index (κ3) is 6.55. The van der Waals surface area contributed by atoms with Crippen molar-refractivity contribution in [1.29, 1.82) is 0 Å². The predicted octanol–water partition coefficient (Wildman–Crippen LogP) is 12.0. The first-order valence-corrected chi connectivity index (χ1v) is 20.0. The van der Waals surface area contributed by atoms with Crippen LogP contribution in [0.25, 0.3) is 89.7 Å². The van der Waals surface area contributed by atoms with E-state index >= 15 is 0 Å². The molecule has 0 spiro atoms. The highest BCUT2D eigenvalue weighted by molar-refractivity contribution is 6.06. The lowest BCUT2D eigenvalue weighted by molar-refractivity contribution is 0.533. The average Bonchev–Trinajstić information content (AvgIpc) is 3.93. The smallest absolute Gasteiger partial charge is 0.164 e. The number of aryl methyl sites for hydroxylation is 1. The van der Waals surface area contributed by atoms with Crippen LogP contribution >= 0.6 is 0 Å². The van der Waals surface area contributed by atoms with Gasteiger partial charge in [-0.2, -0.15) is 0 Å². The summed E-state index contributed by atoms with van der Waals surface area (Å²) in [5, 5.41) is 4.03. The lowest BCUT2D eigenvalue weighted by Crippen LogP contribution is -2.01. The number of rotatable bonds is 13. The summed E-state index contributed by atoms with van der Waals surface area (Å²) in [5.74, 6) is 2.56. The van der Waals surface area contributed by atoms with Crippen LogP contribution in [0.4, 0.5) is 0 Å². The van der Waals surface area contributed by atoms with E-state index in [0.29, 0.717) is 34.6 Å². The monoisotopic (exact) mass is 710 g/mol. The molecule has 9 rings (SSSR count). The molecular weight excluding hydrogens is 665 g/mol. The van der Waals surface area contributed by atoms with Gasteiger partial charge in [0, 0.05) is 50.3 Å². The van der Waals surface area contributed by atoms with E-state index in [4.69, 9.17) is 29.9 Å². The van der Waals surface area contributed by atoms with Gasteiger partial charge in [-0.3, -0.25) is 0 Å². The second-order valence-corrected chi connectivity index (χ2v) is 14.7. The standard InChI is InChI=1S/C46H46N8/c1-2-3-4-5-6-7-8-9-10-11-12-21-30-54-45-37-28-19-20-29-38(37)46(54)53-44-36-27-18-16-25-34(36)42(51-44)49-40-32-23-14-13-22-31(32)39(47-40)48-41-33-24-15-17-26-35(33)43(50-41)52-45/h13-20,22-29H,2-12,21,30H2,1H3,(H,47,48,49,50,51,52,53). The Morgan fingerprint density at radius 1 is 0.389 bits per heavy atom. The van der Waals surface area contributed by atoms with Crippen LogP contribution in [0.15, 0.2) is 97.1 Å². The van der Waals surface area contributed by atoms with Crippen molar-refractivity contribution < 1.29 is 0 Å². The van der Waals surface area contributed by atoms with Gasteiger partial charge in [-0.1, -0.05) is 175 Å². The zero-order valence-corrected chi connectivity index (χ0v) is 31.1. The maximum absolute atomic E-state index is 5.41. The third-order valence-corrected chi connectivity index (χ3v) is 10.9. The molecule has 2 aliphatic rings. The minimum Gasteiger partial charge on any atom is -0.324 e. The van der Waals surface area contributed by atoms with Crippen LogP contribution in [-0.2, 0) is 6.54 Å². The molecule has 8 bridgehead atoms. The maximum Gasteiger partial charge on any atom is 0.164 e. The van der Waals surface area contributed by atoms with E-state index in [1.807, 2.05) is 36.4 Å². The fourth-order valence-electron chi connectivity index (χ4n) is 8.09. The molecule has 5 heterocycles. The summed E-state index contributed by atoms with van der Waals surface area (Å²) in [6.07, 6.45) is 15.6. The summed E-state index contributed by atoms with van der Waals surface area (Å²) >= 11 is 0. The summed E-state index contributed by atoms with van der Waals surface area (Å²) in [6, 6.07) is 33.2. The van der Waals surface area contributed by atoms with E-state index in [1.54, 1.807) is 0 Å². The van der Waals surface area contributed by atoms with Crippen molar-refractivity contribution in [3.05, 3.63) is 97.1 Å². The largest absolute Gasteiger partial charge is 0.324 e. The zero-order chi connectivity index (χ0) is 36.3. The first kappa shape index (κ1) is 34.0. The molecule has 0 unspecified atom stereocenters. The van der Waals surface area contributed by atoms with Crippen molar-refractivity contribution in [2.45, 2.75) is 90.5 Å². The highest BCUT2D eigenvalue weighted by atomic mass is 15.1. The van der Waals surface area contributed by atoms with Gasteiger partial charge >= 0.3 is 0 Å². The number of nitrogens with one attached hydrogen (secondary N) is 1. The van der Waals surface area contributed by atoms with Gasteiger partial charge in [-0.25, -0.2) is 29.9 Å². The summed E-state index contributed by atoms with van der Waals surface area (Å²) in [4.78, 5) is 34.9. The first-order valence-electron chi connectivity index (χ1n) is 20.0. The molecule has 0 saturated carbocycles. The maximum atomic E-state index is 5.41. The van der Waals surface area contributed by atoms with Gasteiger partial charge in [-0.15, -0.1) is 0 Å². The zero-order valence-electron chi connectivity index (χ0n) is 31.1. The number of nitrogens with zero attached hydrogens (tertiary/aromatic N) is 7. The summed E-state index contributed by atoms with van der Waals surface area (Å²) in [6.45, 7) is 3.08. The Hall–Kier alpha value is -5.76. The first-order chi connectivity index (χ1) is 26.8. The lowest BCUT2D eigenvalue weighted by atomic mass is 10.1. The number of H-pyrrole nitrogens is 1. The number of unbranched alkanes of at least 4 members (excludes halogenated alkanes) is 11. The second-order valence-electron chi connectivity index (χ2n) is 14.7. The minimum atomic E-state index is 0.627. The van der Waals surface area contributed by atoms with Crippen molar-refractivity contribution in [2.24, 2.45) is 0 Å². The number of aromatic nitrogens is 8. The van der Waals surface area contributed by atoms with Crippen LogP contribution in [0.5, 0.6) is 0 Å². The fourth-order valence-corrected chi connectivity index (χ4v) is 8.09. The Morgan fingerprint density at radius 2 is 0.741 bits per heavy atom. The van der Waals surface area contributed by atoms with Gasteiger partial charge in [0.05, 0.1) is 0 Å². The lowest BCUT2D eigenvalue weighted by Gasteiger charge is -2.07. The van der Waals surface area contributed by atoms with Gasteiger partial charge in [0.2, 0.25) is 0 Å². The Kier molecular flexibility index (Phi) is 9.65. The SMILES string of the molecule is CCCCCCCCCCCCCCn1c2nc3nc(nc4[nH]c(nc5nc(nc1c1ccccc12)-c1ccccc1-5)c1ccccc41)-c1ccccc1-3. The van der Waals surface area contributed by atoms with Crippen molar-refractivity contribution in [2.75, 3.05) is 0 Å². The van der Waals surface area contributed by atoms with Gasteiger partial charge in [0.25, 0.3) is 0 Å². The van der Waals surface area contributed by atoms with Gasteiger partial charge in [-0.05, 0) is 6.42 Å². The Bertz CT molecular complexity index is 2470.